The van der Waals surface area contributed by atoms with Crippen LogP contribution in [0, 0.1) is 5.92 Å². The van der Waals surface area contributed by atoms with E-state index < -0.39 is 11.6 Å². The lowest BCUT2D eigenvalue weighted by Gasteiger charge is -2.26. The van der Waals surface area contributed by atoms with E-state index in [1.807, 2.05) is 36.4 Å². The molecule has 0 radical (unpaired) electrons. The molecule has 1 aliphatic heterocycles. The zero-order chi connectivity index (χ0) is 34.3. The number of amides is 3. The van der Waals surface area contributed by atoms with Gasteiger partial charge in [-0.25, -0.2) is 9.48 Å². The van der Waals surface area contributed by atoms with Crippen LogP contribution in [-0.2, 0) is 6.54 Å². The molecule has 2 fully saturated rings. The average Bonchev–Trinajstić information content (AvgIpc) is 3.95. The molecule has 2 aromatic heterocycles. The minimum atomic E-state index is -0.703. The van der Waals surface area contributed by atoms with Gasteiger partial charge in [0, 0.05) is 43.2 Å². The van der Waals surface area contributed by atoms with E-state index in [9.17, 15) is 14.4 Å². The number of carbonyl (C=O) groups excluding carboxylic acids is 2. The normalized spacial score (nSPS) is 14.7. The van der Waals surface area contributed by atoms with Gasteiger partial charge >= 0.3 is 6.03 Å². The number of nitrogens with zero attached hydrogens (tertiary/aromatic N) is 4. The monoisotopic (exact) mass is 703 g/mol. The predicted octanol–water partition coefficient (Wildman–Crippen LogP) is 6.95. The molecule has 4 aromatic rings. The fourth-order valence-corrected chi connectivity index (χ4v) is 6.19. The van der Waals surface area contributed by atoms with Crippen molar-refractivity contribution in [1.29, 1.82) is 0 Å². The zero-order valence-corrected chi connectivity index (χ0v) is 28.8. The third-order valence-corrected chi connectivity index (χ3v) is 9.19. The summed E-state index contributed by atoms with van der Waals surface area (Å²) in [5.41, 5.74) is 3.07. The molecule has 0 bridgehead atoms. The Morgan fingerprint density at radius 1 is 0.939 bits per heavy atom. The van der Waals surface area contributed by atoms with Crippen LogP contribution in [0.5, 0.6) is 5.75 Å². The second-order valence-corrected chi connectivity index (χ2v) is 13.2. The number of urea groups is 1. The lowest BCUT2D eigenvalue weighted by atomic mass is 9.99. The summed E-state index contributed by atoms with van der Waals surface area (Å²) < 4.78 is 7.43. The average molecular weight is 705 g/mol. The van der Waals surface area contributed by atoms with E-state index in [4.69, 9.17) is 27.9 Å². The first-order valence-electron chi connectivity index (χ1n) is 16.7. The first-order valence-corrected chi connectivity index (χ1v) is 17.4. The number of hydrogen-bond donors (Lipinski definition) is 3. The molecule has 0 unspecified atom stereocenters. The van der Waals surface area contributed by atoms with Gasteiger partial charge in [0.05, 0.1) is 28.0 Å². The van der Waals surface area contributed by atoms with Crippen molar-refractivity contribution in [3.8, 4) is 28.1 Å². The number of anilines is 2. The maximum absolute atomic E-state index is 13.4. The molecule has 0 atom stereocenters. The molecule has 256 valence electrons. The zero-order valence-electron chi connectivity index (χ0n) is 27.3. The molecule has 11 nitrogen and oxygen atoms in total. The molecular formula is C36H39Cl2N7O4. The minimum absolute atomic E-state index is 0.0232. The summed E-state index contributed by atoms with van der Waals surface area (Å²) >= 11 is 12.3. The van der Waals surface area contributed by atoms with Gasteiger partial charge in [-0.2, -0.15) is 5.10 Å². The van der Waals surface area contributed by atoms with Crippen LogP contribution in [0.25, 0.3) is 22.4 Å². The molecule has 2 aliphatic rings. The highest BCUT2D eigenvalue weighted by Gasteiger charge is 2.23. The summed E-state index contributed by atoms with van der Waals surface area (Å²) in [6.07, 6.45) is 8.69. The molecule has 6 rings (SSSR count). The Morgan fingerprint density at radius 2 is 1.69 bits per heavy atom. The van der Waals surface area contributed by atoms with Crippen molar-refractivity contribution in [2.24, 2.45) is 5.92 Å². The highest BCUT2D eigenvalue weighted by molar-refractivity contribution is 6.39. The molecule has 1 saturated heterocycles. The molecule has 1 saturated carbocycles. The number of rotatable bonds is 12. The number of carbonyl (C=O) groups is 2. The van der Waals surface area contributed by atoms with Crippen molar-refractivity contribution in [3.63, 3.8) is 0 Å². The number of likely N-dealkylation sites (tertiary alicyclic amines) is 1. The van der Waals surface area contributed by atoms with Crippen LogP contribution in [0.15, 0.2) is 65.7 Å². The Bertz CT molecular complexity index is 1870. The quantitative estimate of drug-likeness (QED) is 0.146. The van der Waals surface area contributed by atoms with E-state index in [-0.39, 0.29) is 33.9 Å². The number of pyridine rings is 1. The fraction of sp³-hybridized carbons (Fsp3) is 0.361. The van der Waals surface area contributed by atoms with Crippen LogP contribution in [0.3, 0.4) is 0 Å². The molecule has 0 spiro atoms. The SMILES string of the molecule is CCn1nc(-c2cccc(-c3cc(OCC4CC4)cc(C(=O)NCCN4CCCCC4)c3)c2)cc(NC(=O)Nc2c(Cl)cncc2Cl)c1=O. The van der Waals surface area contributed by atoms with Crippen LogP contribution in [0.1, 0.15) is 49.4 Å². The van der Waals surface area contributed by atoms with Crippen LogP contribution in [-0.4, -0.2) is 64.4 Å². The maximum atomic E-state index is 13.4. The second kappa shape index (κ2) is 15.8. The number of ether oxygens (including phenoxy) is 1. The van der Waals surface area contributed by atoms with Gasteiger partial charge in [-0.15, -0.1) is 0 Å². The Hall–Kier alpha value is -4.45. The van der Waals surface area contributed by atoms with Crippen molar-refractivity contribution < 1.29 is 14.3 Å². The van der Waals surface area contributed by atoms with E-state index >= 15 is 0 Å². The number of piperidine rings is 1. The van der Waals surface area contributed by atoms with Crippen LogP contribution in [0.2, 0.25) is 10.0 Å². The molecule has 1 aliphatic carbocycles. The van der Waals surface area contributed by atoms with Gasteiger partial charge < -0.3 is 25.6 Å². The smallest absolute Gasteiger partial charge is 0.323 e. The summed E-state index contributed by atoms with van der Waals surface area (Å²) in [4.78, 5) is 45.7. The molecule has 3 amide bonds. The van der Waals surface area contributed by atoms with Gasteiger partial charge in [-0.05, 0) is 93.1 Å². The van der Waals surface area contributed by atoms with E-state index in [0.29, 0.717) is 41.6 Å². The summed E-state index contributed by atoms with van der Waals surface area (Å²) in [5.74, 6) is 1.05. The number of hydrogen-bond acceptors (Lipinski definition) is 7. The number of benzene rings is 2. The van der Waals surface area contributed by atoms with Crippen molar-refractivity contribution in [3.05, 3.63) is 86.9 Å². The van der Waals surface area contributed by atoms with Gasteiger partial charge in [0.2, 0.25) is 0 Å². The molecule has 49 heavy (non-hydrogen) atoms. The maximum Gasteiger partial charge on any atom is 0.323 e. The molecule has 13 heteroatoms. The van der Waals surface area contributed by atoms with Gasteiger partial charge in [0.15, 0.2) is 0 Å². The lowest BCUT2D eigenvalue weighted by molar-refractivity contribution is 0.0946. The highest BCUT2D eigenvalue weighted by atomic mass is 35.5. The largest absolute Gasteiger partial charge is 0.493 e. The topological polar surface area (TPSA) is 130 Å². The van der Waals surface area contributed by atoms with Gasteiger partial charge in [-0.3, -0.25) is 14.6 Å². The van der Waals surface area contributed by atoms with Crippen molar-refractivity contribution in [2.45, 2.75) is 45.6 Å². The summed E-state index contributed by atoms with van der Waals surface area (Å²) in [6, 6.07) is 14.1. The van der Waals surface area contributed by atoms with Crippen LogP contribution < -0.4 is 26.2 Å². The number of aryl methyl sites for hydroxylation is 1. The summed E-state index contributed by atoms with van der Waals surface area (Å²) in [6.45, 7) is 6.24. The Kier molecular flexibility index (Phi) is 11.1. The number of halogens is 2. The third kappa shape index (κ3) is 8.97. The van der Waals surface area contributed by atoms with Gasteiger partial charge in [-0.1, -0.05) is 47.8 Å². The fourth-order valence-electron chi connectivity index (χ4n) is 5.73. The van der Waals surface area contributed by atoms with Crippen molar-refractivity contribution >= 4 is 46.5 Å². The summed E-state index contributed by atoms with van der Waals surface area (Å²) in [7, 11) is 0. The Morgan fingerprint density at radius 3 is 2.43 bits per heavy atom. The van der Waals surface area contributed by atoms with E-state index in [1.54, 1.807) is 13.0 Å². The van der Waals surface area contributed by atoms with Crippen molar-refractivity contribution in [1.82, 2.24) is 25.0 Å². The second-order valence-electron chi connectivity index (χ2n) is 12.4. The van der Waals surface area contributed by atoms with Gasteiger partial charge in [0.25, 0.3) is 11.5 Å². The number of nitrogens with one attached hydrogen (secondary N) is 3. The predicted molar refractivity (Wildman–Crippen MR) is 193 cm³/mol. The summed E-state index contributed by atoms with van der Waals surface area (Å²) in [5, 5.41) is 13.2. The van der Waals surface area contributed by atoms with Gasteiger partial charge in [0.1, 0.15) is 11.4 Å². The van der Waals surface area contributed by atoms with Crippen LogP contribution >= 0.6 is 23.2 Å². The highest BCUT2D eigenvalue weighted by Crippen LogP contribution is 2.33. The molecule has 3 heterocycles. The Balaban J connectivity index is 1.25. The first kappa shape index (κ1) is 34.4. The molecule has 2 aromatic carbocycles. The van der Waals surface area contributed by atoms with E-state index in [0.717, 1.165) is 43.6 Å². The van der Waals surface area contributed by atoms with E-state index in [2.05, 4.69) is 30.9 Å². The van der Waals surface area contributed by atoms with Crippen molar-refractivity contribution in [2.75, 3.05) is 43.4 Å². The minimum Gasteiger partial charge on any atom is -0.493 e. The Labute approximate surface area is 295 Å². The van der Waals surface area contributed by atoms with Crippen LogP contribution in [0.4, 0.5) is 16.2 Å². The lowest BCUT2D eigenvalue weighted by Crippen LogP contribution is -2.37. The number of aromatic nitrogens is 3. The molecular weight excluding hydrogens is 665 g/mol. The standard InChI is InChI=1S/C36H39Cl2N7O4/c1-2-45-35(47)32(41-36(48)42-33-29(37)20-39-21-30(33)38)19-31(43-45)25-8-6-7-24(15-25)26-16-27(18-28(17-26)49-22-23-9-10-23)34(46)40-11-14-44-12-4-3-5-13-44/h6-8,15-21,23H,2-5,9-14,22H2,1H3,(H,40,46)(H2,39,41,42,48). The van der Waals surface area contributed by atoms with E-state index in [1.165, 1.54) is 42.4 Å². The molecule has 3 N–H and O–H groups in total. The third-order valence-electron chi connectivity index (χ3n) is 8.62. The first-order chi connectivity index (χ1) is 23.8.